The number of amides is 2. The lowest BCUT2D eigenvalue weighted by Crippen LogP contribution is -2.11. The largest absolute Gasteiger partial charge is 0.321 e. The molecule has 0 aliphatic carbocycles. The van der Waals surface area contributed by atoms with Crippen molar-refractivity contribution < 1.29 is 14.0 Å². The zero-order valence-corrected chi connectivity index (χ0v) is 16.7. The van der Waals surface area contributed by atoms with Crippen LogP contribution in [0.2, 0.25) is 5.02 Å². The molecule has 0 unspecified atom stereocenters. The van der Waals surface area contributed by atoms with Gasteiger partial charge in [-0.15, -0.1) is 11.3 Å². The molecule has 2 amide bonds. The van der Waals surface area contributed by atoms with E-state index in [1.807, 2.05) is 0 Å². The minimum Gasteiger partial charge on any atom is -0.321 e. The Morgan fingerprint density at radius 2 is 1.73 bits per heavy atom. The summed E-state index contributed by atoms with van der Waals surface area (Å²) in [6.07, 6.45) is 2.67. The molecule has 2 heterocycles. The lowest BCUT2D eigenvalue weighted by Gasteiger charge is -2.07. The van der Waals surface area contributed by atoms with E-state index in [4.69, 9.17) is 11.6 Å². The van der Waals surface area contributed by atoms with Crippen LogP contribution in [0.15, 0.2) is 67.3 Å². The summed E-state index contributed by atoms with van der Waals surface area (Å²) in [6, 6.07) is 14.1. The molecule has 0 fully saturated rings. The van der Waals surface area contributed by atoms with Crippen molar-refractivity contribution in [1.29, 1.82) is 0 Å². The third-order valence-corrected chi connectivity index (χ3v) is 5.46. The maximum Gasteiger partial charge on any atom is 0.265 e. The van der Waals surface area contributed by atoms with Gasteiger partial charge in [-0.1, -0.05) is 23.7 Å². The van der Waals surface area contributed by atoms with Gasteiger partial charge in [-0.3, -0.25) is 9.59 Å². The fraction of sp³-hybridized carbons (Fsp3) is 0. The van der Waals surface area contributed by atoms with Gasteiger partial charge in [0.25, 0.3) is 11.8 Å². The van der Waals surface area contributed by atoms with Crippen LogP contribution in [0.1, 0.15) is 19.3 Å². The molecule has 0 bridgehead atoms. The molecule has 2 aromatic heterocycles. The minimum atomic E-state index is -0.565. The molecule has 150 valence electrons. The molecule has 7 nitrogen and oxygen atoms in total. The first-order valence-electron chi connectivity index (χ1n) is 8.63. The number of rotatable bonds is 5. The number of anilines is 2. The van der Waals surface area contributed by atoms with Crippen molar-refractivity contribution in [3.8, 4) is 5.69 Å². The summed E-state index contributed by atoms with van der Waals surface area (Å²) < 4.78 is 15.6. The molecule has 0 saturated carbocycles. The van der Waals surface area contributed by atoms with Gasteiger partial charge in [0.1, 0.15) is 18.3 Å². The Labute approximate surface area is 179 Å². The fourth-order valence-electron chi connectivity index (χ4n) is 2.62. The van der Waals surface area contributed by atoms with Crippen LogP contribution >= 0.6 is 22.9 Å². The predicted molar refractivity (Wildman–Crippen MR) is 113 cm³/mol. The molecule has 4 rings (SSSR count). The second-order valence-electron chi connectivity index (χ2n) is 6.06. The van der Waals surface area contributed by atoms with Crippen molar-refractivity contribution in [2.45, 2.75) is 0 Å². The SMILES string of the molecule is O=C(Nc1ccc(-n2cncn2)c(F)c1)c1ccc(C(=O)Nc2ccccc2Cl)s1. The molecule has 30 heavy (non-hydrogen) atoms. The first kappa shape index (κ1) is 19.7. The number of hydrogen-bond acceptors (Lipinski definition) is 5. The average molecular weight is 442 g/mol. The zero-order valence-electron chi connectivity index (χ0n) is 15.2. The number of thiophene rings is 1. The average Bonchev–Trinajstić information content (AvgIpc) is 3.42. The molecule has 2 aromatic carbocycles. The Balaban J connectivity index is 1.45. The smallest absolute Gasteiger partial charge is 0.265 e. The summed E-state index contributed by atoms with van der Waals surface area (Å²) in [5, 5.41) is 9.60. The minimum absolute atomic E-state index is 0.208. The number of carbonyl (C=O) groups is 2. The van der Waals surface area contributed by atoms with Gasteiger partial charge in [0.05, 0.1) is 20.5 Å². The highest BCUT2D eigenvalue weighted by molar-refractivity contribution is 7.16. The predicted octanol–water partition coefficient (Wildman–Crippen LogP) is 4.63. The molecular formula is C20H13ClFN5O2S. The van der Waals surface area contributed by atoms with Gasteiger partial charge in [0, 0.05) is 5.69 Å². The van der Waals surface area contributed by atoms with Gasteiger partial charge in [-0.2, -0.15) is 5.10 Å². The maximum atomic E-state index is 14.3. The summed E-state index contributed by atoms with van der Waals surface area (Å²) in [7, 11) is 0. The van der Waals surface area contributed by atoms with Crippen LogP contribution in [-0.2, 0) is 0 Å². The van der Waals surface area contributed by atoms with Crippen molar-refractivity contribution in [2.75, 3.05) is 10.6 Å². The second kappa shape index (κ2) is 8.44. The molecular weight excluding hydrogens is 429 g/mol. The second-order valence-corrected chi connectivity index (χ2v) is 7.55. The van der Waals surface area contributed by atoms with E-state index in [0.717, 1.165) is 11.3 Å². The van der Waals surface area contributed by atoms with E-state index in [9.17, 15) is 14.0 Å². The van der Waals surface area contributed by atoms with Crippen molar-refractivity contribution >= 4 is 46.1 Å². The van der Waals surface area contributed by atoms with Crippen molar-refractivity contribution in [2.24, 2.45) is 0 Å². The van der Waals surface area contributed by atoms with Crippen LogP contribution < -0.4 is 10.6 Å². The molecule has 0 atom stereocenters. The van der Waals surface area contributed by atoms with Gasteiger partial charge in [-0.25, -0.2) is 14.1 Å². The van der Waals surface area contributed by atoms with Gasteiger partial charge in [0.2, 0.25) is 0 Å². The van der Waals surface area contributed by atoms with E-state index in [2.05, 4.69) is 20.7 Å². The van der Waals surface area contributed by atoms with Crippen molar-refractivity contribution in [1.82, 2.24) is 14.8 Å². The standard InChI is InChI=1S/C20H13ClFN5O2S/c21-13-3-1-2-4-15(13)26-20(29)18-8-7-17(30-18)19(28)25-12-5-6-16(14(22)9-12)27-11-23-10-24-27/h1-11H,(H,25,28)(H,26,29). The van der Waals surface area contributed by atoms with Crippen LogP contribution in [0.4, 0.5) is 15.8 Å². The third-order valence-electron chi connectivity index (χ3n) is 4.05. The Hall–Kier alpha value is -3.56. The lowest BCUT2D eigenvalue weighted by atomic mass is 10.2. The number of carbonyl (C=O) groups excluding carboxylic acids is 2. The quantitative estimate of drug-likeness (QED) is 0.472. The van der Waals surface area contributed by atoms with Crippen LogP contribution in [0.25, 0.3) is 5.69 Å². The molecule has 4 aromatic rings. The van der Waals surface area contributed by atoms with Crippen LogP contribution in [0.5, 0.6) is 0 Å². The van der Waals surface area contributed by atoms with Crippen molar-refractivity contribution in [3.05, 3.63) is 87.8 Å². The van der Waals surface area contributed by atoms with Gasteiger partial charge >= 0.3 is 0 Å². The van der Waals surface area contributed by atoms with Crippen LogP contribution in [0.3, 0.4) is 0 Å². The van der Waals surface area contributed by atoms with Gasteiger partial charge < -0.3 is 10.6 Å². The third kappa shape index (κ3) is 4.22. The molecule has 10 heteroatoms. The lowest BCUT2D eigenvalue weighted by molar-refractivity contribution is 0.102. The van der Waals surface area contributed by atoms with E-state index in [0.29, 0.717) is 20.5 Å². The molecule has 0 aliphatic heterocycles. The summed E-state index contributed by atoms with van der Waals surface area (Å²) >= 11 is 7.06. The number of nitrogens with zero attached hydrogens (tertiary/aromatic N) is 3. The zero-order chi connectivity index (χ0) is 21.1. The highest BCUT2D eigenvalue weighted by Gasteiger charge is 2.16. The fourth-order valence-corrected chi connectivity index (χ4v) is 3.60. The summed E-state index contributed by atoms with van der Waals surface area (Å²) in [5.41, 5.74) is 0.962. The summed E-state index contributed by atoms with van der Waals surface area (Å²) in [4.78, 5) is 29.3. The highest BCUT2D eigenvalue weighted by Crippen LogP contribution is 2.24. The van der Waals surface area contributed by atoms with E-state index in [1.165, 1.54) is 35.5 Å². The van der Waals surface area contributed by atoms with E-state index >= 15 is 0 Å². The number of para-hydroxylation sites is 1. The van der Waals surface area contributed by atoms with Crippen LogP contribution in [-0.4, -0.2) is 26.6 Å². The first-order valence-corrected chi connectivity index (χ1v) is 9.82. The van der Waals surface area contributed by atoms with E-state index < -0.39 is 11.7 Å². The Kier molecular flexibility index (Phi) is 5.55. The number of hydrogen-bond donors (Lipinski definition) is 2. The number of benzene rings is 2. The Bertz CT molecular complexity index is 1230. The van der Waals surface area contributed by atoms with E-state index in [-0.39, 0.29) is 17.3 Å². The first-order chi connectivity index (χ1) is 14.5. The highest BCUT2D eigenvalue weighted by atomic mass is 35.5. The number of halogens is 2. The topological polar surface area (TPSA) is 88.9 Å². The molecule has 0 radical (unpaired) electrons. The summed E-state index contributed by atoms with van der Waals surface area (Å²) in [5.74, 6) is -1.40. The Morgan fingerprint density at radius 1 is 1.00 bits per heavy atom. The number of nitrogens with one attached hydrogen (secondary N) is 2. The molecule has 0 aliphatic rings. The molecule has 0 spiro atoms. The summed E-state index contributed by atoms with van der Waals surface area (Å²) in [6.45, 7) is 0. The van der Waals surface area contributed by atoms with Gasteiger partial charge in [0.15, 0.2) is 5.82 Å². The van der Waals surface area contributed by atoms with E-state index in [1.54, 1.807) is 36.4 Å². The molecule has 2 N–H and O–H groups in total. The van der Waals surface area contributed by atoms with Crippen molar-refractivity contribution in [3.63, 3.8) is 0 Å². The normalized spacial score (nSPS) is 10.6. The number of aromatic nitrogens is 3. The van der Waals surface area contributed by atoms with Crippen LogP contribution in [0, 0.1) is 5.82 Å². The maximum absolute atomic E-state index is 14.3. The van der Waals surface area contributed by atoms with Gasteiger partial charge in [-0.05, 0) is 42.5 Å². The monoisotopic (exact) mass is 441 g/mol. The molecule has 0 saturated heterocycles. The Morgan fingerprint density at radius 3 is 2.40 bits per heavy atom.